The molecule has 4 N–H and O–H groups in total. The van der Waals surface area contributed by atoms with Gasteiger partial charge in [0.05, 0.1) is 17.1 Å². The summed E-state index contributed by atoms with van der Waals surface area (Å²) in [6, 6.07) is 21.9. The van der Waals surface area contributed by atoms with Gasteiger partial charge in [0.15, 0.2) is 10.6 Å². The van der Waals surface area contributed by atoms with Crippen LogP contribution in [0.5, 0.6) is 5.88 Å². The number of carboxylic acid groups (broad SMARTS) is 1. The Kier molecular flexibility index (Phi) is 8.91. The molecule has 1 aliphatic rings. The fourth-order valence-electron chi connectivity index (χ4n) is 4.72. The molecule has 0 saturated carbocycles. The Labute approximate surface area is 252 Å². The van der Waals surface area contributed by atoms with E-state index in [1.807, 2.05) is 60.7 Å². The number of carbonyl (C=O) groups excluding carboxylic acids is 1. The number of nitrogens with two attached hydrogens (primary N) is 1. The fourth-order valence-corrected chi connectivity index (χ4v) is 5.84. The van der Waals surface area contributed by atoms with Crippen LogP contribution in [0.25, 0.3) is 10.9 Å². The predicted molar refractivity (Wildman–Crippen MR) is 166 cm³/mol. The highest BCUT2D eigenvalue weighted by atomic mass is 35.5. The average molecular weight is 601 g/mol. The van der Waals surface area contributed by atoms with Crippen molar-refractivity contribution in [1.29, 1.82) is 0 Å². The number of fused-ring (bicyclic) bond motifs is 1. The van der Waals surface area contributed by atoms with Crippen molar-refractivity contribution in [2.45, 2.75) is 35.2 Å². The SMILES string of the molecule is NC1C=CC=CC1(Cl)C(=O)N=Nc1c(O)n(CCc2ccccc2)c2ccc(SCCc3ccc(C(=O)O)cc3)cc12. The number of allylic oxidation sites excluding steroid dienone is 2. The number of aromatic nitrogens is 1. The molecular formula is C32H29ClN4O4S. The third-order valence-corrected chi connectivity index (χ3v) is 8.67. The minimum atomic E-state index is -1.55. The summed E-state index contributed by atoms with van der Waals surface area (Å²) in [6.07, 6.45) is 7.90. The molecule has 1 amide bonds. The number of thioether (sulfide) groups is 1. The number of amides is 1. The van der Waals surface area contributed by atoms with Gasteiger partial charge < -0.3 is 20.5 Å². The molecule has 0 spiro atoms. The van der Waals surface area contributed by atoms with Gasteiger partial charge in [-0.25, -0.2) is 4.79 Å². The van der Waals surface area contributed by atoms with Gasteiger partial charge >= 0.3 is 5.97 Å². The Hall–Kier alpha value is -4.18. The maximum atomic E-state index is 13.0. The summed E-state index contributed by atoms with van der Waals surface area (Å²) in [5, 5.41) is 29.1. The van der Waals surface area contributed by atoms with Crippen LogP contribution in [0.2, 0.25) is 0 Å². The van der Waals surface area contributed by atoms with Crippen molar-refractivity contribution in [2.24, 2.45) is 16.0 Å². The van der Waals surface area contributed by atoms with E-state index in [1.54, 1.807) is 46.7 Å². The standard InChI is InChI=1S/C32H29ClN4O4S/c33-32(17-5-4-8-27(32)34)31(41)36-35-28-25-20-24(42-19-16-22-9-11-23(12-10-22)30(39)40)13-14-26(25)37(29(28)38)18-15-21-6-2-1-3-7-21/h1-14,17,20,27,38H,15-16,18-19,34H2,(H,39,40). The minimum Gasteiger partial charge on any atom is -0.493 e. The largest absolute Gasteiger partial charge is 0.493 e. The van der Waals surface area contributed by atoms with Crippen molar-refractivity contribution >= 4 is 51.8 Å². The summed E-state index contributed by atoms with van der Waals surface area (Å²) in [6.45, 7) is 0.493. The molecule has 1 aromatic heterocycles. The average Bonchev–Trinajstić information content (AvgIpc) is 3.26. The van der Waals surface area contributed by atoms with Gasteiger partial charge in [-0.2, -0.15) is 0 Å². The Morgan fingerprint density at radius 2 is 1.74 bits per heavy atom. The molecule has 1 heterocycles. The fraction of sp³-hybridized carbons (Fsp3) is 0.188. The zero-order valence-corrected chi connectivity index (χ0v) is 24.1. The van der Waals surface area contributed by atoms with Crippen LogP contribution in [0.1, 0.15) is 21.5 Å². The van der Waals surface area contributed by atoms with Crippen LogP contribution < -0.4 is 5.73 Å². The molecule has 2 atom stereocenters. The second-order valence-corrected chi connectivity index (χ2v) is 11.7. The number of alkyl halides is 1. The number of aromatic carboxylic acids is 1. The number of carbonyl (C=O) groups is 2. The third kappa shape index (κ3) is 6.33. The van der Waals surface area contributed by atoms with E-state index in [1.165, 1.54) is 6.08 Å². The number of nitrogens with zero attached hydrogens (tertiary/aromatic N) is 3. The van der Waals surface area contributed by atoms with E-state index in [4.69, 9.17) is 22.4 Å². The van der Waals surface area contributed by atoms with E-state index in [-0.39, 0.29) is 17.1 Å². The quantitative estimate of drug-likeness (QED) is 0.106. The summed E-state index contributed by atoms with van der Waals surface area (Å²) in [5.74, 6) is -1.01. The van der Waals surface area contributed by atoms with Crippen molar-refractivity contribution in [3.05, 3.63) is 114 Å². The Balaban J connectivity index is 1.41. The summed E-state index contributed by atoms with van der Waals surface area (Å²) < 4.78 is 1.77. The van der Waals surface area contributed by atoms with Crippen molar-refractivity contribution in [1.82, 2.24) is 4.57 Å². The molecule has 0 fully saturated rings. The monoisotopic (exact) mass is 600 g/mol. The number of aromatic hydroxyl groups is 1. The molecule has 42 heavy (non-hydrogen) atoms. The highest BCUT2D eigenvalue weighted by Crippen LogP contribution is 2.41. The molecule has 3 aromatic carbocycles. The van der Waals surface area contributed by atoms with E-state index >= 15 is 0 Å². The maximum absolute atomic E-state index is 13.0. The Morgan fingerprint density at radius 1 is 1.00 bits per heavy atom. The first-order valence-electron chi connectivity index (χ1n) is 13.4. The number of hydrogen-bond acceptors (Lipinski definition) is 6. The number of aryl methyl sites for hydroxylation is 3. The molecule has 0 aliphatic heterocycles. The zero-order chi connectivity index (χ0) is 29.7. The lowest BCUT2D eigenvalue weighted by atomic mass is 9.94. The number of hydrogen-bond donors (Lipinski definition) is 3. The van der Waals surface area contributed by atoms with E-state index in [2.05, 4.69) is 10.2 Å². The zero-order valence-electron chi connectivity index (χ0n) is 22.6. The van der Waals surface area contributed by atoms with Crippen LogP contribution in [0, 0.1) is 0 Å². The summed E-state index contributed by atoms with van der Waals surface area (Å²) in [4.78, 5) is 23.5. The number of carboxylic acids is 1. The van der Waals surface area contributed by atoms with Crippen LogP contribution >= 0.6 is 23.4 Å². The molecule has 5 rings (SSSR count). The van der Waals surface area contributed by atoms with Crippen LogP contribution in [-0.2, 0) is 24.2 Å². The normalized spacial score (nSPS) is 18.2. The lowest BCUT2D eigenvalue weighted by Crippen LogP contribution is -2.47. The number of rotatable bonds is 10. The van der Waals surface area contributed by atoms with E-state index in [0.29, 0.717) is 18.4 Å². The van der Waals surface area contributed by atoms with Crippen LogP contribution in [0.4, 0.5) is 5.69 Å². The van der Waals surface area contributed by atoms with Crippen LogP contribution in [0.3, 0.4) is 0 Å². The predicted octanol–water partition coefficient (Wildman–Crippen LogP) is 6.66. The Bertz CT molecular complexity index is 1700. The highest BCUT2D eigenvalue weighted by Gasteiger charge is 2.40. The van der Waals surface area contributed by atoms with Gasteiger partial charge in [-0.15, -0.1) is 33.6 Å². The second kappa shape index (κ2) is 12.8. The second-order valence-electron chi connectivity index (χ2n) is 9.88. The van der Waals surface area contributed by atoms with Gasteiger partial charge in [-0.3, -0.25) is 4.79 Å². The molecule has 214 valence electrons. The number of halogens is 1. The minimum absolute atomic E-state index is 0.0924. The lowest BCUT2D eigenvalue weighted by molar-refractivity contribution is -0.119. The third-order valence-electron chi connectivity index (χ3n) is 7.13. The molecular weight excluding hydrogens is 572 g/mol. The van der Waals surface area contributed by atoms with Gasteiger partial charge in [0.25, 0.3) is 5.91 Å². The first-order valence-corrected chi connectivity index (χ1v) is 14.7. The van der Waals surface area contributed by atoms with Gasteiger partial charge in [0.1, 0.15) is 0 Å². The molecule has 10 heteroatoms. The first-order chi connectivity index (χ1) is 20.3. The van der Waals surface area contributed by atoms with E-state index in [0.717, 1.165) is 33.7 Å². The first kappa shape index (κ1) is 29.3. The topological polar surface area (TPSA) is 130 Å². The van der Waals surface area contributed by atoms with Crippen molar-refractivity contribution < 1.29 is 19.8 Å². The molecule has 4 aromatic rings. The summed E-state index contributed by atoms with van der Waals surface area (Å²) in [5.41, 5.74) is 9.41. The number of azo groups is 1. The van der Waals surface area contributed by atoms with E-state index in [9.17, 15) is 14.7 Å². The van der Waals surface area contributed by atoms with Gasteiger partial charge in [0.2, 0.25) is 5.88 Å². The highest BCUT2D eigenvalue weighted by molar-refractivity contribution is 7.99. The molecule has 0 bridgehead atoms. The van der Waals surface area contributed by atoms with Crippen molar-refractivity contribution in [3.8, 4) is 5.88 Å². The molecule has 0 saturated heterocycles. The molecule has 1 aliphatic carbocycles. The molecule has 8 nitrogen and oxygen atoms in total. The van der Waals surface area contributed by atoms with E-state index < -0.39 is 22.8 Å². The molecule has 0 radical (unpaired) electrons. The van der Waals surface area contributed by atoms with Gasteiger partial charge in [0, 0.05) is 22.6 Å². The maximum Gasteiger partial charge on any atom is 0.335 e. The van der Waals surface area contributed by atoms with Gasteiger partial charge in [-0.1, -0.05) is 66.8 Å². The molecule has 2 unspecified atom stereocenters. The summed E-state index contributed by atoms with van der Waals surface area (Å²) in [7, 11) is 0. The Morgan fingerprint density at radius 3 is 2.45 bits per heavy atom. The van der Waals surface area contributed by atoms with Crippen molar-refractivity contribution in [3.63, 3.8) is 0 Å². The van der Waals surface area contributed by atoms with Crippen LogP contribution in [-0.4, -0.2) is 43.3 Å². The lowest BCUT2D eigenvalue weighted by Gasteiger charge is -2.25. The smallest absolute Gasteiger partial charge is 0.335 e. The van der Waals surface area contributed by atoms with Crippen molar-refractivity contribution in [2.75, 3.05) is 5.75 Å². The summed E-state index contributed by atoms with van der Waals surface area (Å²) >= 11 is 8.13. The van der Waals surface area contributed by atoms with Gasteiger partial charge in [-0.05, 0) is 54.3 Å². The van der Waals surface area contributed by atoms with Crippen LogP contribution in [0.15, 0.2) is 112 Å². The number of benzene rings is 3.